The van der Waals surface area contributed by atoms with Crippen molar-refractivity contribution in [1.82, 2.24) is 0 Å². The zero-order valence-electron chi connectivity index (χ0n) is 8.83. The van der Waals surface area contributed by atoms with Crippen LogP contribution in [0.3, 0.4) is 0 Å². The lowest BCUT2D eigenvalue weighted by Gasteiger charge is -2.36. The van der Waals surface area contributed by atoms with Crippen LogP contribution in [0.4, 0.5) is 0 Å². The Balaban J connectivity index is 1.96. The van der Waals surface area contributed by atoms with E-state index in [1.165, 1.54) is 31.2 Å². The first-order valence-corrected chi connectivity index (χ1v) is 6.42. The van der Waals surface area contributed by atoms with Gasteiger partial charge < -0.3 is 5.73 Å². The summed E-state index contributed by atoms with van der Waals surface area (Å²) in [6.07, 6.45) is 6.08. The largest absolute Gasteiger partial charge is 0.325 e. The summed E-state index contributed by atoms with van der Waals surface area (Å²) in [5.74, 6) is 0.883. The number of nitrogens with two attached hydrogens (primary N) is 1. The molecule has 0 aromatic carbocycles. The minimum absolute atomic E-state index is 0.0909. The minimum Gasteiger partial charge on any atom is -0.325 e. The molecule has 0 bridgehead atoms. The number of thiophene rings is 1. The van der Waals surface area contributed by atoms with E-state index in [1.807, 2.05) is 0 Å². The van der Waals surface area contributed by atoms with Crippen molar-refractivity contribution >= 4 is 11.3 Å². The number of hydrogen-bond acceptors (Lipinski definition) is 2. The summed E-state index contributed by atoms with van der Waals surface area (Å²) in [6.45, 7) is 2.34. The fraction of sp³-hybridized carbons (Fsp3) is 0.667. The minimum atomic E-state index is 0.0909. The molecule has 2 N–H and O–H groups in total. The van der Waals surface area contributed by atoms with Gasteiger partial charge in [-0.15, -0.1) is 0 Å². The lowest BCUT2D eigenvalue weighted by Crippen LogP contribution is -2.44. The molecule has 0 unspecified atom stereocenters. The van der Waals surface area contributed by atoms with Gasteiger partial charge in [0.05, 0.1) is 0 Å². The highest BCUT2D eigenvalue weighted by Gasteiger charge is 2.30. The van der Waals surface area contributed by atoms with Crippen molar-refractivity contribution in [1.29, 1.82) is 0 Å². The molecule has 2 rings (SSSR count). The third kappa shape index (κ3) is 2.37. The van der Waals surface area contributed by atoms with Crippen LogP contribution in [0.15, 0.2) is 16.8 Å². The Kier molecular flexibility index (Phi) is 2.93. The lowest BCUT2D eigenvalue weighted by molar-refractivity contribution is 0.244. The second kappa shape index (κ2) is 4.03. The van der Waals surface area contributed by atoms with Crippen LogP contribution < -0.4 is 5.73 Å². The van der Waals surface area contributed by atoms with E-state index in [-0.39, 0.29) is 5.54 Å². The molecular formula is C12H19NS. The third-order valence-corrected chi connectivity index (χ3v) is 4.14. The van der Waals surface area contributed by atoms with E-state index in [4.69, 9.17) is 5.73 Å². The van der Waals surface area contributed by atoms with E-state index in [9.17, 15) is 0 Å². The van der Waals surface area contributed by atoms with Gasteiger partial charge in [-0.3, -0.25) is 0 Å². The Hall–Kier alpha value is -0.340. The molecule has 0 spiro atoms. The maximum absolute atomic E-state index is 6.42. The zero-order valence-corrected chi connectivity index (χ0v) is 9.65. The fourth-order valence-corrected chi connectivity index (χ4v) is 2.98. The Morgan fingerprint density at radius 3 is 2.79 bits per heavy atom. The topological polar surface area (TPSA) is 26.0 Å². The second-order valence-corrected chi connectivity index (χ2v) is 5.63. The standard InChI is InChI=1S/C12H19NS/c1-10-2-5-12(13,6-3-10)8-11-4-7-14-9-11/h4,7,9-10H,2-3,5-6,8,13H2,1H3. The summed E-state index contributed by atoms with van der Waals surface area (Å²) in [5.41, 5.74) is 7.93. The molecule has 1 aliphatic rings. The average molecular weight is 209 g/mol. The fourth-order valence-electron chi connectivity index (χ4n) is 2.31. The molecular weight excluding hydrogens is 190 g/mol. The van der Waals surface area contributed by atoms with E-state index in [0.29, 0.717) is 0 Å². The summed E-state index contributed by atoms with van der Waals surface area (Å²) in [5, 5.41) is 4.37. The third-order valence-electron chi connectivity index (χ3n) is 3.41. The van der Waals surface area contributed by atoms with Crippen LogP contribution in [0.5, 0.6) is 0 Å². The summed E-state index contributed by atoms with van der Waals surface area (Å²) in [7, 11) is 0. The van der Waals surface area contributed by atoms with Crippen LogP contribution in [0, 0.1) is 5.92 Å². The first-order chi connectivity index (χ1) is 6.68. The van der Waals surface area contributed by atoms with Crippen LogP contribution >= 0.6 is 11.3 Å². The molecule has 1 saturated carbocycles. The quantitative estimate of drug-likeness (QED) is 0.795. The zero-order chi connectivity index (χ0) is 10.0. The van der Waals surface area contributed by atoms with E-state index < -0.39 is 0 Å². The van der Waals surface area contributed by atoms with Crippen molar-refractivity contribution in [2.24, 2.45) is 11.7 Å². The molecule has 78 valence electrons. The van der Waals surface area contributed by atoms with Gasteiger partial charge in [-0.05, 0) is 60.4 Å². The van der Waals surface area contributed by atoms with E-state index >= 15 is 0 Å². The Labute approximate surface area is 90.3 Å². The van der Waals surface area contributed by atoms with Gasteiger partial charge in [0.2, 0.25) is 0 Å². The van der Waals surface area contributed by atoms with Crippen LogP contribution in [0.25, 0.3) is 0 Å². The SMILES string of the molecule is CC1CCC(N)(Cc2ccsc2)CC1. The maximum atomic E-state index is 6.42. The van der Waals surface area contributed by atoms with Crippen molar-refractivity contribution in [3.8, 4) is 0 Å². The van der Waals surface area contributed by atoms with Crippen LogP contribution in [-0.4, -0.2) is 5.54 Å². The highest BCUT2D eigenvalue weighted by molar-refractivity contribution is 7.07. The molecule has 2 heteroatoms. The van der Waals surface area contributed by atoms with Gasteiger partial charge in [-0.1, -0.05) is 6.92 Å². The van der Waals surface area contributed by atoms with Gasteiger partial charge in [0.25, 0.3) is 0 Å². The van der Waals surface area contributed by atoms with E-state index in [0.717, 1.165) is 12.3 Å². The molecule has 0 aliphatic heterocycles. The van der Waals surface area contributed by atoms with Gasteiger partial charge in [0.15, 0.2) is 0 Å². The molecule has 0 saturated heterocycles. The lowest BCUT2D eigenvalue weighted by atomic mass is 9.75. The van der Waals surface area contributed by atoms with Gasteiger partial charge in [0.1, 0.15) is 0 Å². The molecule has 1 aliphatic carbocycles. The van der Waals surface area contributed by atoms with Crippen LogP contribution in [0.2, 0.25) is 0 Å². The van der Waals surface area contributed by atoms with Crippen LogP contribution in [0.1, 0.15) is 38.2 Å². The van der Waals surface area contributed by atoms with Gasteiger partial charge in [0, 0.05) is 5.54 Å². The predicted octanol–water partition coefficient (Wildman–Crippen LogP) is 3.20. The van der Waals surface area contributed by atoms with Crippen molar-refractivity contribution in [2.75, 3.05) is 0 Å². The molecule has 0 radical (unpaired) electrons. The Morgan fingerprint density at radius 1 is 1.50 bits per heavy atom. The van der Waals surface area contributed by atoms with E-state index in [2.05, 4.69) is 23.8 Å². The molecule has 0 amide bonds. The summed E-state index contributed by atoms with van der Waals surface area (Å²) in [6, 6.07) is 2.21. The molecule has 0 atom stereocenters. The maximum Gasteiger partial charge on any atom is 0.0195 e. The van der Waals surface area contributed by atoms with Crippen molar-refractivity contribution < 1.29 is 0 Å². The predicted molar refractivity (Wildman–Crippen MR) is 62.6 cm³/mol. The highest BCUT2D eigenvalue weighted by Crippen LogP contribution is 2.32. The molecule has 1 heterocycles. The molecule has 1 aromatic rings. The molecule has 1 fully saturated rings. The summed E-state index contributed by atoms with van der Waals surface area (Å²) < 4.78 is 0. The monoisotopic (exact) mass is 209 g/mol. The molecule has 14 heavy (non-hydrogen) atoms. The average Bonchev–Trinajstić information content (AvgIpc) is 2.63. The highest BCUT2D eigenvalue weighted by atomic mass is 32.1. The molecule has 1 aromatic heterocycles. The van der Waals surface area contributed by atoms with Crippen LogP contribution in [-0.2, 0) is 6.42 Å². The summed E-state index contributed by atoms with van der Waals surface area (Å²) >= 11 is 1.77. The smallest absolute Gasteiger partial charge is 0.0195 e. The van der Waals surface area contributed by atoms with Gasteiger partial charge in [-0.25, -0.2) is 0 Å². The first-order valence-electron chi connectivity index (χ1n) is 5.48. The van der Waals surface area contributed by atoms with Crippen molar-refractivity contribution in [3.63, 3.8) is 0 Å². The first kappa shape index (κ1) is 10.2. The van der Waals surface area contributed by atoms with Crippen molar-refractivity contribution in [2.45, 2.75) is 44.6 Å². The normalized spacial score (nSPS) is 33.1. The Bertz CT molecular complexity index is 271. The van der Waals surface area contributed by atoms with E-state index in [1.54, 1.807) is 11.3 Å². The van der Waals surface area contributed by atoms with Gasteiger partial charge in [-0.2, -0.15) is 11.3 Å². The second-order valence-electron chi connectivity index (χ2n) is 4.85. The number of hydrogen-bond donors (Lipinski definition) is 1. The molecule has 1 nitrogen and oxygen atoms in total. The van der Waals surface area contributed by atoms with Crippen molar-refractivity contribution in [3.05, 3.63) is 22.4 Å². The number of rotatable bonds is 2. The van der Waals surface area contributed by atoms with Gasteiger partial charge >= 0.3 is 0 Å². The summed E-state index contributed by atoms with van der Waals surface area (Å²) in [4.78, 5) is 0. The Morgan fingerprint density at radius 2 is 2.21 bits per heavy atom.